The van der Waals surface area contributed by atoms with E-state index in [1.54, 1.807) is 18.0 Å². The van der Waals surface area contributed by atoms with Gasteiger partial charge in [0.25, 0.3) is 0 Å². The SMILES string of the molecule is CCc1cccnc1CN1C(=O)C(C)NC(=O)C1C(C)C. The molecule has 1 saturated heterocycles. The van der Waals surface area contributed by atoms with Crippen LogP contribution in [0.1, 0.15) is 39.0 Å². The molecule has 1 aromatic heterocycles. The van der Waals surface area contributed by atoms with Crippen molar-refractivity contribution in [1.29, 1.82) is 0 Å². The first-order valence-corrected chi connectivity index (χ1v) is 7.49. The zero-order valence-electron chi connectivity index (χ0n) is 13.1. The van der Waals surface area contributed by atoms with E-state index in [1.165, 1.54) is 0 Å². The van der Waals surface area contributed by atoms with Crippen molar-refractivity contribution in [2.24, 2.45) is 5.92 Å². The van der Waals surface area contributed by atoms with Gasteiger partial charge in [-0.05, 0) is 30.9 Å². The number of piperazine rings is 1. The summed E-state index contributed by atoms with van der Waals surface area (Å²) in [6.45, 7) is 8.10. The molecular weight excluding hydrogens is 266 g/mol. The molecule has 2 rings (SSSR count). The van der Waals surface area contributed by atoms with E-state index in [0.29, 0.717) is 6.54 Å². The van der Waals surface area contributed by atoms with Gasteiger partial charge in [-0.2, -0.15) is 0 Å². The lowest BCUT2D eigenvalue weighted by atomic mass is 9.96. The van der Waals surface area contributed by atoms with Gasteiger partial charge >= 0.3 is 0 Å². The Bertz CT molecular complexity index is 542. The molecule has 2 amide bonds. The maximum Gasteiger partial charge on any atom is 0.245 e. The highest BCUT2D eigenvalue weighted by molar-refractivity contribution is 5.96. The van der Waals surface area contributed by atoms with E-state index in [9.17, 15) is 9.59 Å². The van der Waals surface area contributed by atoms with Gasteiger partial charge in [-0.15, -0.1) is 0 Å². The Labute approximate surface area is 125 Å². The number of aromatic nitrogens is 1. The van der Waals surface area contributed by atoms with Gasteiger partial charge in [0.1, 0.15) is 12.1 Å². The minimum Gasteiger partial charge on any atom is -0.343 e. The molecular formula is C16H23N3O2. The average molecular weight is 289 g/mol. The smallest absolute Gasteiger partial charge is 0.245 e. The monoisotopic (exact) mass is 289 g/mol. The maximum absolute atomic E-state index is 12.5. The van der Waals surface area contributed by atoms with Crippen LogP contribution in [0.2, 0.25) is 0 Å². The number of aryl methyl sites for hydroxylation is 1. The van der Waals surface area contributed by atoms with Gasteiger partial charge in [-0.1, -0.05) is 26.8 Å². The third-order valence-electron chi connectivity index (χ3n) is 3.93. The van der Waals surface area contributed by atoms with Crippen LogP contribution >= 0.6 is 0 Å². The maximum atomic E-state index is 12.5. The molecule has 1 N–H and O–H groups in total. The molecule has 21 heavy (non-hydrogen) atoms. The first kappa shape index (κ1) is 15.5. The van der Waals surface area contributed by atoms with Crippen molar-refractivity contribution < 1.29 is 9.59 Å². The van der Waals surface area contributed by atoms with Crippen molar-refractivity contribution in [2.75, 3.05) is 0 Å². The molecule has 1 aliphatic heterocycles. The highest BCUT2D eigenvalue weighted by Crippen LogP contribution is 2.21. The Balaban J connectivity index is 2.33. The van der Waals surface area contributed by atoms with Crippen LogP contribution in [0, 0.1) is 5.92 Å². The lowest BCUT2D eigenvalue weighted by molar-refractivity contribution is -0.151. The Morgan fingerprint density at radius 2 is 2.10 bits per heavy atom. The van der Waals surface area contributed by atoms with E-state index in [0.717, 1.165) is 17.7 Å². The number of rotatable bonds is 4. The number of nitrogens with zero attached hydrogens (tertiary/aromatic N) is 2. The molecule has 5 heteroatoms. The molecule has 0 bridgehead atoms. The highest BCUT2D eigenvalue weighted by Gasteiger charge is 2.40. The zero-order valence-corrected chi connectivity index (χ0v) is 13.1. The molecule has 0 radical (unpaired) electrons. The van der Waals surface area contributed by atoms with Gasteiger partial charge in [0.15, 0.2) is 0 Å². The molecule has 2 heterocycles. The summed E-state index contributed by atoms with van der Waals surface area (Å²) in [6, 6.07) is 3.02. The predicted molar refractivity (Wildman–Crippen MR) is 80.4 cm³/mol. The molecule has 1 aromatic rings. The Hall–Kier alpha value is -1.91. The molecule has 0 aromatic carbocycles. The van der Waals surface area contributed by atoms with Crippen LogP contribution in [0.3, 0.4) is 0 Å². The van der Waals surface area contributed by atoms with Crippen molar-refractivity contribution in [2.45, 2.75) is 52.7 Å². The second-order valence-electron chi connectivity index (χ2n) is 5.85. The molecule has 5 nitrogen and oxygen atoms in total. The van der Waals surface area contributed by atoms with Crippen molar-refractivity contribution >= 4 is 11.8 Å². The van der Waals surface area contributed by atoms with E-state index < -0.39 is 12.1 Å². The summed E-state index contributed by atoms with van der Waals surface area (Å²) < 4.78 is 0. The minimum absolute atomic E-state index is 0.0407. The fraction of sp³-hybridized carbons (Fsp3) is 0.562. The number of hydrogen-bond donors (Lipinski definition) is 1. The van der Waals surface area contributed by atoms with Gasteiger partial charge < -0.3 is 10.2 Å². The standard InChI is InChI=1S/C16H23N3O2/c1-5-12-7-6-8-17-13(12)9-19-14(10(2)3)15(20)18-11(4)16(19)21/h6-8,10-11,14H,5,9H2,1-4H3,(H,18,20). The minimum atomic E-state index is -0.471. The molecule has 114 valence electrons. The fourth-order valence-electron chi connectivity index (χ4n) is 2.82. The van der Waals surface area contributed by atoms with Gasteiger partial charge in [-0.25, -0.2) is 0 Å². The normalized spacial score (nSPS) is 22.6. The number of amides is 2. The molecule has 1 aliphatic rings. The summed E-state index contributed by atoms with van der Waals surface area (Å²) in [5, 5.41) is 2.75. The molecule has 0 spiro atoms. The third-order valence-corrected chi connectivity index (χ3v) is 3.93. The van der Waals surface area contributed by atoms with Crippen molar-refractivity contribution in [1.82, 2.24) is 15.2 Å². The number of nitrogens with one attached hydrogen (secondary N) is 1. The van der Waals surface area contributed by atoms with Gasteiger partial charge in [0.05, 0.1) is 12.2 Å². The van der Waals surface area contributed by atoms with E-state index in [4.69, 9.17) is 0 Å². The molecule has 2 atom stereocenters. The van der Waals surface area contributed by atoms with Crippen LogP contribution in [0.5, 0.6) is 0 Å². The van der Waals surface area contributed by atoms with Gasteiger partial charge in [0.2, 0.25) is 11.8 Å². The van der Waals surface area contributed by atoms with Crippen LogP contribution in [-0.4, -0.2) is 33.8 Å². The Morgan fingerprint density at radius 1 is 1.38 bits per heavy atom. The third kappa shape index (κ3) is 3.06. The van der Waals surface area contributed by atoms with E-state index in [2.05, 4.69) is 17.2 Å². The van der Waals surface area contributed by atoms with Crippen LogP contribution < -0.4 is 5.32 Å². The van der Waals surface area contributed by atoms with Gasteiger partial charge in [0, 0.05) is 6.20 Å². The highest BCUT2D eigenvalue weighted by atomic mass is 16.2. The number of hydrogen-bond acceptors (Lipinski definition) is 3. The molecule has 0 aliphatic carbocycles. The van der Waals surface area contributed by atoms with Gasteiger partial charge in [-0.3, -0.25) is 14.6 Å². The molecule has 0 saturated carbocycles. The van der Waals surface area contributed by atoms with Crippen LogP contribution in [0.25, 0.3) is 0 Å². The predicted octanol–water partition coefficient (Wildman–Crippen LogP) is 1.52. The second-order valence-corrected chi connectivity index (χ2v) is 5.85. The number of pyridine rings is 1. The van der Waals surface area contributed by atoms with Crippen molar-refractivity contribution in [3.8, 4) is 0 Å². The summed E-state index contributed by atoms with van der Waals surface area (Å²) in [5.41, 5.74) is 1.99. The average Bonchev–Trinajstić information content (AvgIpc) is 2.44. The number of carbonyl (C=O) groups excluding carboxylic acids is 2. The Kier molecular flexibility index (Phi) is 4.60. The Morgan fingerprint density at radius 3 is 2.71 bits per heavy atom. The molecule has 2 unspecified atom stereocenters. The zero-order chi connectivity index (χ0) is 15.6. The second kappa shape index (κ2) is 6.24. The van der Waals surface area contributed by atoms with Crippen LogP contribution in [0.4, 0.5) is 0 Å². The van der Waals surface area contributed by atoms with Crippen molar-refractivity contribution in [3.05, 3.63) is 29.6 Å². The van der Waals surface area contributed by atoms with Crippen LogP contribution in [0.15, 0.2) is 18.3 Å². The summed E-state index contributed by atoms with van der Waals surface area (Å²) >= 11 is 0. The van der Waals surface area contributed by atoms with Crippen LogP contribution in [-0.2, 0) is 22.6 Å². The fourth-order valence-corrected chi connectivity index (χ4v) is 2.82. The lowest BCUT2D eigenvalue weighted by Crippen LogP contribution is -2.63. The summed E-state index contributed by atoms with van der Waals surface area (Å²) in [4.78, 5) is 30.8. The largest absolute Gasteiger partial charge is 0.343 e. The number of carbonyl (C=O) groups is 2. The quantitative estimate of drug-likeness (QED) is 0.914. The van der Waals surface area contributed by atoms with Crippen molar-refractivity contribution in [3.63, 3.8) is 0 Å². The molecule has 1 fully saturated rings. The first-order valence-electron chi connectivity index (χ1n) is 7.49. The van der Waals surface area contributed by atoms with E-state index >= 15 is 0 Å². The van der Waals surface area contributed by atoms with E-state index in [1.807, 2.05) is 26.0 Å². The summed E-state index contributed by atoms with van der Waals surface area (Å²) in [6.07, 6.45) is 2.59. The van der Waals surface area contributed by atoms with E-state index in [-0.39, 0.29) is 17.7 Å². The summed E-state index contributed by atoms with van der Waals surface area (Å²) in [7, 11) is 0. The topological polar surface area (TPSA) is 62.3 Å². The lowest BCUT2D eigenvalue weighted by Gasteiger charge is -2.39. The first-order chi connectivity index (χ1) is 9.95. The summed E-state index contributed by atoms with van der Waals surface area (Å²) in [5.74, 6) is -0.0534.